The smallest absolute Gasteiger partial charge is 0.337 e. The Morgan fingerprint density at radius 1 is 1.04 bits per heavy atom. The number of rotatable bonds is 8. The van der Waals surface area contributed by atoms with E-state index in [-0.39, 0.29) is 30.7 Å². The van der Waals surface area contributed by atoms with Gasteiger partial charge in [0, 0.05) is 44.4 Å². The summed E-state index contributed by atoms with van der Waals surface area (Å²) in [5.74, 6) is -11.3. The number of primary amides is 1. The van der Waals surface area contributed by atoms with Gasteiger partial charge < -0.3 is 30.9 Å². The molecule has 13 heteroatoms. The first kappa shape index (κ1) is 32.9. The van der Waals surface area contributed by atoms with Crippen LogP contribution in [0.5, 0.6) is 5.75 Å². The van der Waals surface area contributed by atoms with Crippen LogP contribution >= 0.6 is 0 Å². The zero-order valence-corrected chi connectivity index (χ0v) is 26.3. The Balaban J connectivity index is 1.49. The number of esters is 1. The lowest BCUT2D eigenvalue weighted by Gasteiger charge is -2.52. The molecule has 0 radical (unpaired) electrons. The number of carbonyl (C=O) groups excluding carboxylic acids is 6. The number of aliphatic hydroxyl groups is 1. The zero-order chi connectivity index (χ0) is 33.8. The van der Waals surface area contributed by atoms with E-state index < -0.39 is 70.3 Å². The van der Waals surface area contributed by atoms with Crippen LogP contribution in [0.25, 0.3) is 0 Å². The third-order valence-electron chi connectivity index (χ3n) is 9.62. The minimum atomic E-state index is -2.78. The van der Waals surface area contributed by atoms with E-state index in [1.807, 2.05) is 0 Å². The average molecular weight is 635 g/mol. The summed E-state index contributed by atoms with van der Waals surface area (Å²) < 4.78 is 4.72. The number of nitrogens with one attached hydrogen (secondary N) is 1. The molecule has 2 fully saturated rings. The molecule has 3 aliphatic rings. The normalized spacial score (nSPS) is 27.2. The Kier molecular flexibility index (Phi) is 8.62. The van der Waals surface area contributed by atoms with Gasteiger partial charge in [-0.2, -0.15) is 0 Å². The van der Waals surface area contributed by atoms with Gasteiger partial charge in [-0.05, 0) is 62.2 Å². The van der Waals surface area contributed by atoms with E-state index in [9.17, 15) is 39.0 Å². The lowest BCUT2D eigenvalue weighted by Crippen LogP contribution is -2.74. The molecule has 1 amide bonds. The van der Waals surface area contributed by atoms with Crippen LogP contribution in [-0.2, 0) is 43.4 Å². The number of benzene rings is 2. The zero-order valence-electron chi connectivity index (χ0n) is 26.3. The maximum absolute atomic E-state index is 14.2. The van der Waals surface area contributed by atoms with E-state index in [0.717, 1.165) is 5.56 Å². The van der Waals surface area contributed by atoms with Crippen molar-refractivity contribution in [3.8, 4) is 5.75 Å². The molecular formula is C33H38N4O9. The number of hydrogen-bond acceptors (Lipinski definition) is 12. The number of nitrogens with two attached hydrogens (primary N) is 1. The number of anilines is 1. The first-order valence-corrected chi connectivity index (χ1v) is 14.9. The van der Waals surface area contributed by atoms with E-state index in [0.29, 0.717) is 28.9 Å². The predicted molar refractivity (Wildman–Crippen MR) is 164 cm³/mol. The van der Waals surface area contributed by atoms with E-state index in [2.05, 4.69) is 5.32 Å². The number of phenols is 1. The van der Waals surface area contributed by atoms with Gasteiger partial charge in [-0.1, -0.05) is 12.1 Å². The fourth-order valence-electron chi connectivity index (χ4n) is 7.46. The molecule has 3 aliphatic carbocycles. The van der Waals surface area contributed by atoms with Crippen LogP contribution in [0, 0.1) is 23.7 Å². The summed E-state index contributed by atoms with van der Waals surface area (Å²) in [6, 6.07) is 7.40. The van der Waals surface area contributed by atoms with Gasteiger partial charge in [-0.3, -0.25) is 28.9 Å². The van der Waals surface area contributed by atoms with Crippen molar-refractivity contribution in [1.29, 1.82) is 0 Å². The molecular weight excluding hydrogens is 596 g/mol. The van der Waals surface area contributed by atoms with Crippen molar-refractivity contribution in [2.75, 3.05) is 40.2 Å². The van der Waals surface area contributed by atoms with Gasteiger partial charge in [0.1, 0.15) is 5.75 Å². The van der Waals surface area contributed by atoms with Crippen molar-refractivity contribution in [3.63, 3.8) is 0 Å². The first-order chi connectivity index (χ1) is 21.6. The fraction of sp³-hybridized carbons (Fsp3) is 0.455. The number of aromatic hydroxyl groups is 1. The first-order valence-electron chi connectivity index (χ1n) is 14.9. The van der Waals surface area contributed by atoms with Crippen LogP contribution in [0.2, 0.25) is 0 Å². The molecule has 0 bridgehead atoms. The fourth-order valence-corrected chi connectivity index (χ4v) is 7.46. The molecule has 0 heterocycles. The van der Waals surface area contributed by atoms with Gasteiger partial charge >= 0.3 is 5.97 Å². The quantitative estimate of drug-likeness (QED) is 0.225. The van der Waals surface area contributed by atoms with Crippen LogP contribution in [0.1, 0.15) is 43.8 Å². The van der Waals surface area contributed by atoms with Gasteiger partial charge in [0.25, 0.3) is 0 Å². The van der Waals surface area contributed by atoms with Crippen LogP contribution in [-0.4, -0.2) is 97.1 Å². The Hall–Kier alpha value is -4.46. The summed E-state index contributed by atoms with van der Waals surface area (Å²) in [5.41, 5.74) is 5.39. The molecule has 5 rings (SSSR count). The van der Waals surface area contributed by atoms with E-state index >= 15 is 0 Å². The predicted octanol–water partition coefficient (Wildman–Crippen LogP) is 0.00940. The van der Waals surface area contributed by atoms with Gasteiger partial charge in [-0.15, -0.1) is 0 Å². The number of methoxy groups -OCH3 is 1. The van der Waals surface area contributed by atoms with Gasteiger partial charge in [0.05, 0.1) is 30.2 Å². The summed E-state index contributed by atoms with van der Waals surface area (Å²) >= 11 is 0. The molecule has 0 spiro atoms. The van der Waals surface area contributed by atoms with E-state index in [1.165, 1.54) is 12.0 Å². The Morgan fingerprint density at radius 3 is 2.26 bits per heavy atom. The summed E-state index contributed by atoms with van der Waals surface area (Å²) in [7, 11) is 7.97. The second-order valence-corrected chi connectivity index (χ2v) is 12.7. The molecule has 2 unspecified atom stereocenters. The number of hydrogen-bond donors (Lipinski definition) is 4. The Labute approximate surface area is 265 Å². The standard InChI is InChI=1S/C33H38N4O9/c1-36(2)21-12-18(14-35-13-15-6-8-16(9-7-15)32(44)46-5)26(38)23-19(21)10-17-11-20-25(37(3)4)28(40)24(31(34)43)30(42)33(20,45)29(41)22(17)27(23)39/h6-9,12,17,20,22,24-25,35,38,45H,10-11,13-14H2,1-5H3,(H2,34,43)/t17-,20-,22?,24?,25+,33-/m0/s1. The maximum atomic E-state index is 14.2. The third-order valence-corrected chi connectivity index (χ3v) is 9.62. The summed E-state index contributed by atoms with van der Waals surface area (Å²) in [6.45, 7) is 0.515. The lowest BCUT2D eigenvalue weighted by atomic mass is 9.52. The monoisotopic (exact) mass is 634 g/mol. The highest BCUT2D eigenvalue weighted by molar-refractivity contribution is 6.32. The van der Waals surface area contributed by atoms with Crippen molar-refractivity contribution >= 4 is 40.7 Å². The summed E-state index contributed by atoms with van der Waals surface area (Å²) in [4.78, 5) is 82.3. The number of fused-ring (bicyclic) bond motifs is 3. The molecule has 0 saturated heterocycles. The number of ether oxygens (including phenoxy) is 1. The summed E-state index contributed by atoms with van der Waals surface area (Å²) in [5, 5.41) is 26.5. The van der Waals surface area contributed by atoms with Crippen molar-refractivity contribution in [2.24, 2.45) is 29.4 Å². The van der Waals surface area contributed by atoms with Crippen molar-refractivity contribution in [1.82, 2.24) is 10.2 Å². The number of likely N-dealkylation sites (N-methyl/N-ethyl adjacent to an activating group) is 1. The van der Waals surface area contributed by atoms with Gasteiger partial charge in [-0.25, -0.2) is 4.79 Å². The number of Topliss-reactive ketones (excluding diaryl/α,β-unsaturated/α-hetero) is 4. The molecule has 5 N–H and O–H groups in total. The largest absolute Gasteiger partial charge is 0.507 e. The molecule has 2 aromatic carbocycles. The lowest BCUT2D eigenvalue weighted by molar-refractivity contribution is -0.181. The van der Waals surface area contributed by atoms with Crippen LogP contribution in [0.4, 0.5) is 5.69 Å². The number of phenolic OH excluding ortho intramolecular Hbond substituents is 1. The Bertz CT molecular complexity index is 1650. The maximum Gasteiger partial charge on any atom is 0.337 e. The second-order valence-electron chi connectivity index (χ2n) is 12.7. The third kappa shape index (κ3) is 5.08. The van der Waals surface area contributed by atoms with Crippen molar-refractivity contribution < 1.29 is 43.7 Å². The molecule has 0 aromatic heterocycles. The highest BCUT2D eigenvalue weighted by Crippen LogP contribution is 2.52. The molecule has 2 aromatic rings. The van der Waals surface area contributed by atoms with E-state index in [4.69, 9.17) is 10.5 Å². The van der Waals surface area contributed by atoms with Crippen molar-refractivity contribution in [2.45, 2.75) is 37.6 Å². The number of ketones is 4. The summed E-state index contributed by atoms with van der Waals surface area (Å²) in [6.07, 6.45) is 0.156. The minimum absolute atomic E-state index is 0.0183. The number of carbonyl (C=O) groups is 6. The Morgan fingerprint density at radius 2 is 1.70 bits per heavy atom. The van der Waals surface area contributed by atoms with Gasteiger partial charge in [0.15, 0.2) is 34.7 Å². The second kappa shape index (κ2) is 12.0. The molecule has 2 saturated carbocycles. The highest BCUT2D eigenvalue weighted by Gasteiger charge is 2.69. The van der Waals surface area contributed by atoms with Crippen molar-refractivity contribution in [3.05, 3.63) is 58.1 Å². The van der Waals surface area contributed by atoms with Crippen LogP contribution in [0.3, 0.4) is 0 Å². The van der Waals surface area contributed by atoms with Gasteiger partial charge in [0.2, 0.25) is 5.91 Å². The molecule has 6 atom stereocenters. The molecule has 13 nitrogen and oxygen atoms in total. The number of amides is 1. The van der Waals surface area contributed by atoms with Crippen LogP contribution in [0.15, 0.2) is 30.3 Å². The topological polar surface area (TPSA) is 197 Å². The van der Waals surface area contributed by atoms with Crippen LogP contribution < -0.4 is 16.0 Å². The minimum Gasteiger partial charge on any atom is -0.507 e. The number of nitrogens with zero attached hydrogens (tertiary/aromatic N) is 2. The molecule has 0 aliphatic heterocycles. The molecule has 46 heavy (non-hydrogen) atoms. The van der Waals surface area contributed by atoms with E-state index in [1.54, 1.807) is 63.4 Å². The molecule has 244 valence electrons. The SMILES string of the molecule is COC(=O)c1ccc(CNCc2cc(N(C)C)c3c(c2O)C(=O)C2C(=O)[C@]4(O)C(=O)C(C(N)=O)C(=O)[C@H](N(C)C)[C@@H]4C[C@@H]2C3)cc1. The average Bonchev–Trinajstić information content (AvgIpc) is 2.99. The highest BCUT2D eigenvalue weighted by atomic mass is 16.5.